The van der Waals surface area contributed by atoms with Crippen molar-refractivity contribution < 1.29 is 22.7 Å². The number of sulfonamides is 1. The fourth-order valence-electron chi connectivity index (χ4n) is 3.16. The fourth-order valence-corrected chi connectivity index (χ4v) is 5.71. The molecule has 1 aliphatic heterocycles. The highest BCUT2D eigenvalue weighted by Crippen LogP contribution is 2.33. The lowest BCUT2D eigenvalue weighted by Gasteiger charge is -2.27. The topological polar surface area (TPSA) is 72.9 Å². The van der Waals surface area contributed by atoms with E-state index in [1.807, 2.05) is 37.3 Å². The van der Waals surface area contributed by atoms with E-state index >= 15 is 0 Å². The summed E-state index contributed by atoms with van der Waals surface area (Å²) in [5.74, 6) is -0.649. The van der Waals surface area contributed by atoms with Gasteiger partial charge < -0.3 is 9.47 Å². The van der Waals surface area contributed by atoms with Crippen molar-refractivity contribution in [1.82, 2.24) is 4.31 Å². The van der Waals surface area contributed by atoms with Crippen LogP contribution in [0.2, 0.25) is 0 Å². The van der Waals surface area contributed by atoms with Gasteiger partial charge in [0.2, 0.25) is 10.0 Å². The molecule has 0 aromatic heterocycles. The van der Waals surface area contributed by atoms with Gasteiger partial charge in [0.1, 0.15) is 6.04 Å². The summed E-state index contributed by atoms with van der Waals surface area (Å²) in [6.07, 6.45) is -0.397. The molecular weight excluding hydrogens is 446 g/mol. The van der Waals surface area contributed by atoms with Crippen LogP contribution < -0.4 is 0 Å². The van der Waals surface area contributed by atoms with Gasteiger partial charge in [0, 0.05) is 6.54 Å². The Morgan fingerprint density at radius 1 is 1.14 bits per heavy atom. The van der Waals surface area contributed by atoms with E-state index < -0.39 is 28.1 Å². The molecule has 1 fully saturated rings. The van der Waals surface area contributed by atoms with E-state index in [-0.39, 0.29) is 22.9 Å². The first-order chi connectivity index (χ1) is 13.3. The third-order valence-electron chi connectivity index (χ3n) is 4.69. The summed E-state index contributed by atoms with van der Waals surface area (Å²) >= 11 is 3.57. The molecule has 150 valence electrons. The summed E-state index contributed by atoms with van der Waals surface area (Å²) < 4.78 is 38.6. The number of rotatable bonds is 4. The van der Waals surface area contributed by atoms with Gasteiger partial charge in [-0.2, -0.15) is 4.31 Å². The average Bonchev–Trinajstić information content (AvgIpc) is 2.88. The minimum Gasteiger partial charge on any atom is -0.468 e. The Balaban J connectivity index is 1.99. The number of nitrogens with zero attached hydrogens (tertiary/aromatic N) is 1. The largest absolute Gasteiger partial charge is 0.468 e. The van der Waals surface area contributed by atoms with Crippen molar-refractivity contribution in [2.24, 2.45) is 0 Å². The van der Waals surface area contributed by atoms with Gasteiger partial charge >= 0.3 is 5.97 Å². The van der Waals surface area contributed by atoms with E-state index in [1.54, 1.807) is 24.3 Å². The number of benzene rings is 2. The van der Waals surface area contributed by atoms with Crippen LogP contribution in [0, 0.1) is 6.92 Å². The fraction of sp³-hybridized carbons (Fsp3) is 0.350. The van der Waals surface area contributed by atoms with Gasteiger partial charge in [-0.1, -0.05) is 64.0 Å². The van der Waals surface area contributed by atoms with Crippen molar-refractivity contribution in [2.45, 2.75) is 28.8 Å². The zero-order chi connectivity index (χ0) is 20.3. The average molecular weight is 468 g/mol. The second-order valence-corrected chi connectivity index (χ2v) is 9.67. The predicted molar refractivity (Wildman–Crippen MR) is 109 cm³/mol. The smallest absolute Gasteiger partial charge is 0.326 e. The van der Waals surface area contributed by atoms with E-state index in [2.05, 4.69) is 15.9 Å². The predicted octanol–water partition coefficient (Wildman–Crippen LogP) is 3.06. The quantitative estimate of drug-likeness (QED) is 0.510. The normalized spacial score (nSPS) is 23.8. The molecule has 2 aromatic rings. The standard InChI is InChI=1S/C20H22BrNO5S/c1-14-8-10-16(11-9-14)28(24,25)22-12-17(21)19(15-6-4-3-5-7-15)27-13-18(22)20(23)26-2/h3-11,17-19H,12-13H2,1-2H3/t17-,18+,19+/m1/s1. The lowest BCUT2D eigenvalue weighted by Crippen LogP contribution is -2.48. The molecule has 8 heteroatoms. The van der Waals surface area contributed by atoms with Gasteiger partial charge in [0.05, 0.1) is 29.5 Å². The van der Waals surface area contributed by atoms with Gasteiger partial charge in [-0.15, -0.1) is 0 Å². The Labute approximate surface area is 173 Å². The van der Waals surface area contributed by atoms with Crippen LogP contribution in [-0.4, -0.2) is 49.8 Å². The zero-order valence-electron chi connectivity index (χ0n) is 15.6. The molecule has 1 saturated heterocycles. The summed E-state index contributed by atoms with van der Waals surface area (Å²) in [6.45, 7) is 1.85. The lowest BCUT2D eigenvalue weighted by atomic mass is 10.1. The minimum atomic E-state index is -3.92. The maximum atomic E-state index is 13.3. The third kappa shape index (κ3) is 4.30. The molecule has 28 heavy (non-hydrogen) atoms. The van der Waals surface area contributed by atoms with E-state index in [1.165, 1.54) is 11.4 Å². The molecule has 0 radical (unpaired) electrons. The molecule has 0 N–H and O–H groups in total. The van der Waals surface area contributed by atoms with Crippen molar-refractivity contribution in [2.75, 3.05) is 20.3 Å². The summed E-state index contributed by atoms with van der Waals surface area (Å²) in [5, 5.41) is 0. The van der Waals surface area contributed by atoms with E-state index in [0.717, 1.165) is 11.1 Å². The number of ether oxygens (including phenoxy) is 2. The van der Waals surface area contributed by atoms with E-state index in [0.29, 0.717) is 0 Å². The summed E-state index contributed by atoms with van der Waals surface area (Å²) in [5.41, 5.74) is 1.85. The van der Waals surface area contributed by atoms with Crippen molar-refractivity contribution in [1.29, 1.82) is 0 Å². The molecule has 1 aliphatic rings. The molecular formula is C20H22BrNO5S. The number of halogens is 1. The molecule has 6 nitrogen and oxygen atoms in total. The lowest BCUT2D eigenvalue weighted by molar-refractivity contribution is -0.147. The summed E-state index contributed by atoms with van der Waals surface area (Å²) in [7, 11) is -2.68. The maximum Gasteiger partial charge on any atom is 0.326 e. The van der Waals surface area contributed by atoms with Crippen LogP contribution in [0.1, 0.15) is 17.2 Å². The molecule has 0 unspecified atom stereocenters. The van der Waals surface area contributed by atoms with Crippen molar-refractivity contribution in [3.63, 3.8) is 0 Å². The Kier molecular flexibility index (Phi) is 6.54. The second kappa shape index (κ2) is 8.73. The van der Waals surface area contributed by atoms with Gasteiger partial charge in [0.15, 0.2) is 0 Å². The Bertz CT molecular complexity index is 917. The van der Waals surface area contributed by atoms with Crippen molar-refractivity contribution in [3.8, 4) is 0 Å². The van der Waals surface area contributed by atoms with Crippen LogP contribution >= 0.6 is 15.9 Å². The Morgan fingerprint density at radius 3 is 2.39 bits per heavy atom. The highest BCUT2D eigenvalue weighted by Gasteiger charge is 2.42. The third-order valence-corrected chi connectivity index (χ3v) is 7.35. The second-order valence-electron chi connectivity index (χ2n) is 6.61. The molecule has 0 saturated carbocycles. The van der Waals surface area contributed by atoms with Gasteiger partial charge in [-0.25, -0.2) is 8.42 Å². The van der Waals surface area contributed by atoms with Gasteiger partial charge in [-0.3, -0.25) is 4.79 Å². The van der Waals surface area contributed by atoms with Gasteiger partial charge in [-0.05, 0) is 24.6 Å². The summed E-state index contributed by atoms with van der Waals surface area (Å²) in [6, 6.07) is 15.0. The van der Waals surface area contributed by atoms with Crippen LogP contribution in [0.4, 0.5) is 0 Å². The zero-order valence-corrected chi connectivity index (χ0v) is 18.0. The van der Waals surface area contributed by atoms with Crippen LogP contribution in [0.15, 0.2) is 59.5 Å². The number of hydrogen-bond acceptors (Lipinski definition) is 5. The van der Waals surface area contributed by atoms with Crippen molar-refractivity contribution >= 4 is 31.9 Å². The molecule has 0 bridgehead atoms. The Morgan fingerprint density at radius 2 is 1.79 bits per heavy atom. The molecule has 3 atom stereocenters. The first kappa shape index (κ1) is 21.0. The number of methoxy groups -OCH3 is 1. The Hall–Kier alpha value is -1.74. The highest BCUT2D eigenvalue weighted by molar-refractivity contribution is 9.09. The van der Waals surface area contributed by atoms with E-state index in [4.69, 9.17) is 9.47 Å². The molecule has 0 amide bonds. The molecule has 1 heterocycles. The minimum absolute atomic E-state index is 0.0650. The van der Waals surface area contributed by atoms with Crippen LogP contribution in [-0.2, 0) is 24.3 Å². The number of carbonyl (C=O) groups excluding carboxylic acids is 1. The number of hydrogen-bond donors (Lipinski definition) is 0. The van der Waals surface area contributed by atoms with Gasteiger partial charge in [0.25, 0.3) is 0 Å². The number of alkyl halides is 1. The maximum absolute atomic E-state index is 13.3. The highest BCUT2D eigenvalue weighted by atomic mass is 79.9. The SMILES string of the molecule is COC(=O)[C@@H]1CO[C@@H](c2ccccc2)[C@H](Br)CN1S(=O)(=O)c1ccc(C)cc1. The first-order valence-electron chi connectivity index (χ1n) is 8.81. The molecule has 2 aromatic carbocycles. The number of aryl methyl sites for hydroxylation is 1. The molecule has 3 rings (SSSR count). The first-order valence-corrected chi connectivity index (χ1v) is 11.2. The van der Waals surface area contributed by atoms with Crippen LogP contribution in [0.25, 0.3) is 0 Å². The summed E-state index contributed by atoms with van der Waals surface area (Å²) in [4.78, 5) is 12.2. The van der Waals surface area contributed by atoms with E-state index in [9.17, 15) is 13.2 Å². The number of esters is 1. The van der Waals surface area contributed by atoms with Crippen LogP contribution in [0.5, 0.6) is 0 Å². The van der Waals surface area contributed by atoms with Crippen molar-refractivity contribution in [3.05, 3.63) is 65.7 Å². The molecule has 0 aliphatic carbocycles. The monoisotopic (exact) mass is 467 g/mol. The van der Waals surface area contributed by atoms with Crippen LogP contribution in [0.3, 0.4) is 0 Å². The number of carbonyl (C=O) groups is 1. The molecule has 0 spiro atoms.